The van der Waals surface area contributed by atoms with E-state index in [0.29, 0.717) is 23.8 Å². The van der Waals surface area contributed by atoms with Gasteiger partial charge in [-0.05, 0) is 60.4 Å². The number of ether oxygens (including phenoxy) is 1. The number of nitrogens with zero attached hydrogens (tertiary/aromatic N) is 2. The number of aromatic nitrogens is 2. The summed E-state index contributed by atoms with van der Waals surface area (Å²) in [7, 11) is 3.47. The second kappa shape index (κ2) is 7.15. The molecule has 0 radical (unpaired) electrons. The summed E-state index contributed by atoms with van der Waals surface area (Å²) in [5.74, 6) is 1.97. The molecule has 0 spiro atoms. The average Bonchev–Trinajstić information content (AvgIpc) is 3.39. The molecule has 0 amide bonds. The molecule has 1 aliphatic carbocycles. The maximum absolute atomic E-state index is 12.9. The lowest BCUT2D eigenvalue weighted by Crippen LogP contribution is -2.40. The second-order valence-corrected chi connectivity index (χ2v) is 8.99. The van der Waals surface area contributed by atoms with E-state index in [1.54, 1.807) is 18.7 Å². The van der Waals surface area contributed by atoms with Crippen molar-refractivity contribution in [3.8, 4) is 5.75 Å². The lowest BCUT2D eigenvalue weighted by Gasteiger charge is -2.32. The van der Waals surface area contributed by atoms with Crippen molar-refractivity contribution >= 4 is 21.6 Å². The van der Waals surface area contributed by atoms with E-state index in [9.17, 15) is 9.59 Å². The standard InChI is InChI=1S/C22H25N3O3S/c1-24-21-16(9-11-29-21)20(26)25(22(24)27)10-8-17-19-13(12-23-17)6-7-14-15(19)4-3-5-18(14)28-2/h3-5,9,11,13,17,19,23H,6-8,10,12H2,1-2H3. The van der Waals surface area contributed by atoms with Crippen LogP contribution in [0.3, 0.4) is 0 Å². The first-order valence-corrected chi connectivity index (χ1v) is 11.0. The van der Waals surface area contributed by atoms with Gasteiger partial charge < -0.3 is 10.1 Å². The lowest BCUT2D eigenvalue weighted by atomic mass is 9.73. The average molecular weight is 412 g/mol. The van der Waals surface area contributed by atoms with Crippen molar-refractivity contribution in [2.24, 2.45) is 13.0 Å². The molecule has 1 aliphatic heterocycles. The first-order valence-electron chi connectivity index (χ1n) is 10.2. The number of hydrogen-bond donors (Lipinski definition) is 1. The van der Waals surface area contributed by atoms with E-state index in [1.807, 2.05) is 17.5 Å². The number of rotatable bonds is 4. The van der Waals surface area contributed by atoms with Gasteiger partial charge in [0.25, 0.3) is 5.56 Å². The summed E-state index contributed by atoms with van der Waals surface area (Å²) in [5.41, 5.74) is 2.27. The van der Waals surface area contributed by atoms with Crippen LogP contribution in [0.25, 0.3) is 10.2 Å². The van der Waals surface area contributed by atoms with E-state index >= 15 is 0 Å². The van der Waals surface area contributed by atoms with Gasteiger partial charge in [0.2, 0.25) is 0 Å². The van der Waals surface area contributed by atoms with E-state index < -0.39 is 0 Å². The van der Waals surface area contributed by atoms with Gasteiger partial charge in [0.1, 0.15) is 10.6 Å². The van der Waals surface area contributed by atoms with Crippen molar-refractivity contribution in [3.63, 3.8) is 0 Å². The van der Waals surface area contributed by atoms with Gasteiger partial charge in [-0.15, -0.1) is 11.3 Å². The van der Waals surface area contributed by atoms with Gasteiger partial charge in [-0.25, -0.2) is 4.79 Å². The van der Waals surface area contributed by atoms with E-state index in [2.05, 4.69) is 17.4 Å². The third-order valence-electron chi connectivity index (χ3n) is 6.70. The minimum atomic E-state index is -0.231. The summed E-state index contributed by atoms with van der Waals surface area (Å²) in [6.07, 6.45) is 2.94. The Bertz CT molecular complexity index is 1190. The van der Waals surface area contributed by atoms with E-state index in [-0.39, 0.29) is 17.3 Å². The third-order valence-corrected chi connectivity index (χ3v) is 7.69. The minimum absolute atomic E-state index is 0.176. The topological polar surface area (TPSA) is 65.3 Å². The number of hydrogen-bond acceptors (Lipinski definition) is 5. The molecule has 29 heavy (non-hydrogen) atoms. The predicted molar refractivity (Wildman–Crippen MR) is 115 cm³/mol. The van der Waals surface area contributed by atoms with Gasteiger partial charge in [-0.3, -0.25) is 13.9 Å². The van der Waals surface area contributed by atoms with Crippen LogP contribution in [0.2, 0.25) is 0 Å². The van der Waals surface area contributed by atoms with Crippen LogP contribution in [0, 0.1) is 5.92 Å². The number of thiophene rings is 1. The Morgan fingerprint density at radius 3 is 2.97 bits per heavy atom. The van der Waals surface area contributed by atoms with Crippen LogP contribution in [-0.4, -0.2) is 28.8 Å². The summed E-state index contributed by atoms with van der Waals surface area (Å²) in [5, 5.41) is 6.16. The van der Waals surface area contributed by atoms with Gasteiger partial charge in [0, 0.05) is 25.6 Å². The molecule has 1 fully saturated rings. The number of benzene rings is 1. The summed E-state index contributed by atoms with van der Waals surface area (Å²) >= 11 is 1.43. The van der Waals surface area contributed by atoms with Crippen molar-refractivity contribution in [1.29, 1.82) is 0 Å². The number of methoxy groups -OCH3 is 1. The molecular weight excluding hydrogens is 386 g/mol. The van der Waals surface area contributed by atoms with Crippen molar-refractivity contribution in [3.05, 3.63) is 61.6 Å². The maximum Gasteiger partial charge on any atom is 0.331 e. The number of fused-ring (bicyclic) bond motifs is 4. The van der Waals surface area contributed by atoms with Crippen molar-refractivity contribution in [2.75, 3.05) is 13.7 Å². The van der Waals surface area contributed by atoms with Crippen LogP contribution in [0.5, 0.6) is 5.75 Å². The molecule has 0 bridgehead atoms. The van der Waals surface area contributed by atoms with E-state index in [0.717, 1.165) is 36.4 Å². The molecule has 1 aromatic carbocycles. The molecule has 0 saturated carbocycles. The fourth-order valence-corrected chi connectivity index (χ4v) is 6.14. The normalized spacial score (nSPS) is 23.2. The fraction of sp³-hybridized carbons (Fsp3) is 0.455. The Morgan fingerprint density at radius 2 is 2.14 bits per heavy atom. The molecule has 5 rings (SSSR count). The first-order chi connectivity index (χ1) is 14.1. The van der Waals surface area contributed by atoms with Gasteiger partial charge in [-0.2, -0.15) is 0 Å². The van der Waals surface area contributed by atoms with Crippen molar-refractivity contribution < 1.29 is 4.74 Å². The molecule has 3 heterocycles. The van der Waals surface area contributed by atoms with Gasteiger partial charge in [-0.1, -0.05) is 12.1 Å². The molecule has 6 nitrogen and oxygen atoms in total. The molecule has 2 aromatic heterocycles. The van der Waals surface area contributed by atoms with E-state index in [4.69, 9.17) is 4.74 Å². The molecule has 2 aliphatic rings. The van der Waals surface area contributed by atoms with Crippen molar-refractivity contribution in [2.45, 2.75) is 37.8 Å². The van der Waals surface area contributed by atoms with Gasteiger partial charge in [0.15, 0.2) is 0 Å². The summed E-state index contributed by atoms with van der Waals surface area (Å²) in [4.78, 5) is 26.4. The molecular formula is C22H25N3O3S. The summed E-state index contributed by atoms with van der Waals surface area (Å²) in [6, 6.07) is 8.39. The van der Waals surface area contributed by atoms with Crippen LogP contribution < -0.4 is 21.3 Å². The maximum atomic E-state index is 12.9. The van der Waals surface area contributed by atoms with Crippen LogP contribution >= 0.6 is 11.3 Å². The molecule has 7 heteroatoms. The summed E-state index contributed by atoms with van der Waals surface area (Å²) < 4.78 is 8.59. The highest BCUT2D eigenvalue weighted by Gasteiger charge is 2.40. The highest BCUT2D eigenvalue weighted by atomic mass is 32.1. The van der Waals surface area contributed by atoms with E-state index in [1.165, 1.54) is 27.0 Å². The third kappa shape index (κ3) is 2.87. The number of aryl methyl sites for hydroxylation is 1. The van der Waals surface area contributed by atoms with Crippen LogP contribution in [0.4, 0.5) is 0 Å². The Labute approximate surface area is 172 Å². The Morgan fingerprint density at radius 1 is 1.28 bits per heavy atom. The van der Waals surface area contributed by atoms with Crippen LogP contribution in [0.1, 0.15) is 29.9 Å². The molecule has 1 N–H and O–H groups in total. The molecule has 3 atom stereocenters. The van der Waals surface area contributed by atoms with Gasteiger partial charge >= 0.3 is 5.69 Å². The number of nitrogens with one attached hydrogen (secondary N) is 1. The lowest BCUT2D eigenvalue weighted by molar-refractivity contribution is 0.370. The molecule has 152 valence electrons. The smallest absolute Gasteiger partial charge is 0.331 e. The minimum Gasteiger partial charge on any atom is -0.496 e. The Hall–Kier alpha value is -2.38. The molecule has 3 unspecified atom stereocenters. The second-order valence-electron chi connectivity index (χ2n) is 8.09. The Kier molecular flexibility index (Phi) is 4.59. The first kappa shape index (κ1) is 18.6. The monoisotopic (exact) mass is 411 g/mol. The fourth-order valence-electron chi connectivity index (χ4n) is 5.29. The highest BCUT2D eigenvalue weighted by Crippen LogP contribution is 2.45. The summed E-state index contributed by atoms with van der Waals surface area (Å²) in [6.45, 7) is 1.42. The SMILES string of the molecule is COc1cccc2c1CCC1CNC(CCn3c(=O)c4ccsc4n(C)c3=O)C21. The zero-order valence-electron chi connectivity index (χ0n) is 16.7. The van der Waals surface area contributed by atoms with Gasteiger partial charge in [0.05, 0.1) is 12.5 Å². The van der Waals surface area contributed by atoms with Crippen molar-refractivity contribution in [1.82, 2.24) is 14.5 Å². The zero-order valence-corrected chi connectivity index (χ0v) is 17.5. The Balaban J connectivity index is 1.46. The molecule has 3 aromatic rings. The zero-order chi connectivity index (χ0) is 20.1. The van der Waals surface area contributed by atoms with Crippen LogP contribution in [0.15, 0.2) is 39.2 Å². The largest absolute Gasteiger partial charge is 0.496 e. The van der Waals surface area contributed by atoms with Crippen LogP contribution in [-0.2, 0) is 20.0 Å². The quantitative estimate of drug-likeness (QED) is 0.716. The highest BCUT2D eigenvalue weighted by molar-refractivity contribution is 7.16. The molecule has 1 saturated heterocycles. The predicted octanol–water partition coefficient (Wildman–Crippen LogP) is 2.48.